The van der Waals surface area contributed by atoms with Crippen LogP contribution in [0, 0.1) is 12.0 Å². The van der Waals surface area contributed by atoms with Crippen LogP contribution in [0.2, 0.25) is 0 Å². The van der Waals surface area contributed by atoms with Crippen LogP contribution in [0.5, 0.6) is 0 Å². The summed E-state index contributed by atoms with van der Waals surface area (Å²) in [5, 5.41) is 0. The molecule has 5 nitrogen and oxygen atoms in total. The minimum absolute atomic E-state index is 0.0620. The summed E-state index contributed by atoms with van der Waals surface area (Å²) in [6.07, 6.45) is 1.80. The van der Waals surface area contributed by atoms with Gasteiger partial charge in [0.05, 0.1) is 12.0 Å². The standard InChI is InChI=1S/C19H25N3O2/c1-19(2)14-15(24-18(19)23)8-9-21-10-12-22(13-11-21)17-7-5-4-6-16(17)20-3/h4-7,15H,8-14H2,1-2H3. The van der Waals surface area contributed by atoms with Gasteiger partial charge < -0.3 is 9.64 Å². The van der Waals surface area contributed by atoms with Crippen LogP contribution in [0.4, 0.5) is 11.4 Å². The monoisotopic (exact) mass is 327 g/mol. The van der Waals surface area contributed by atoms with Crippen molar-refractivity contribution in [2.24, 2.45) is 5.41 Å². The number of benzene rings is 1. The highest BCUT2D eigenvalue weighted by atomic mass is 16.6. The third kappa shape index (κ3) is 3.54. The number of nitrogens with zero attached hydrogens (tertiary/aromatic N) is 3. The van der Waals surface area contributed by atoms with Gasteiger partial charge in [-0.05, 0) is 32.8 Å². The number of anilines is 1. The van der Waals surface area contributed by atoms with Crippen molar-refractivity contribution in [3.05, 3.63) is 35.7 Å². The number of esters is 1. The van der Waals surface area contributed by atoms with Gasteiger partial charge in [0.15, 0.2) is 0 Å². The number of cyclic esters (lactones) is 1. The van der Waals surface area contributed by atoms with Gasteiger partial charge in [-0.2, -0.15) is 0 Å². The Labute approximate surface area is 144 Å². The third-order valence-electron chi connectivity index (χ3n) is 5.05. The van der Waals surface area contributed by atoms with Crippen LogP contribution in [-0.4, -0.2) is 49.7 Å². The molecule has 128 valence electrons. The van der Waals surface area contributed by atoms with E-state index in [1.54, 1.807) is 0 Å². The molecular formula is C19H25N3O2. The van der Waals surface area contributed by atoms with Crippen LogP contribution in [0.3, 0.4) is 0 Å². The van der Waals surface area contributed by atoms with Crippen LogP contribution in [0.1, 0.15) is 26.7 Å². The summed E-state index contributed by atoms with van der Waals surface area (Å²) >= 11 is 0. The van der Waals surface area contributed by atoms with Gasteiger partial charge in [-0.3, -0.25) is 9.69 Å². The van der Waals surface area contributed by atoms with Crippen molar-refractivity contribution >= 4 is 17.3 Å². The Morgan fingerprint density at radius 3 is 2.58 bits per heavy atom. The van der Waals surface area contributed by atoms with Gasteiger partial charge in [0.1, 0.15) is 6.10 Å². The lowest BCUT2D eigenvalue weighted by atomic mass is 9.89. The van der Waals surface area contributed by atoms with E-state index in [4.69, 9.17) is 11.3 Å². The van der Waals surface area contributed by atoms with Gasteiger partial charge in [0.25, 0.3) is 0 Å². The molecule has 0 spiro atoms. The lowest BCUT2D eigenvalue weighted by Gasteiger charge is -2.37. The predicted octanol–water partition coefficient (Wildman–Crippen LogP) is 3.09. The van der Waals surface area contributed by atoms with Crippen molar-refractivity contribution in [1.82, 2.24) is 4.90 Å². The molecule has 1 aromatic rings. The molecule has 0 saturated carbocycles. The molecule has 0 radical (unpaired) electrons. The van der Waals surface area contributed by atoms with Gasteiger partial charge in [0.2, 0.25) is 5.69 Å². The molecule has 5 heteroatoms. The number of carbonyl (C=O) groups excluding carboxylic acids is 1. The van der Waals surface area contributed by atoms with E-state index >= 15 is 0 Å². The molecule has 0 N–H and O–H groups in total. The number of rotatable bonds is 4. The highest BCUT2D eigenvalue weighted by molar-refractivity contribution is 5.78. The van der Waals surface area contributed by atoms with E-state index < -0.39 is 0 Å². The fourth-order valence-corrected chi connectivity index (χ4v) is 3.53. The second-order valence-corrected chi connectivity index (χ2v) is 7.33. The molecule has 0 aromatic heterocycles. The maximum atomic E-state index is 11.8. The Morgan fingerprint density at radius 1 is 1.25 bits per heavy atom. The Bertz CT molecular complexity index is 642. The Kier molecular flexibility index (Phi) is 4.77. The molecule has 3 rings (SSSR count). The predicted molar refractivity (Wildman–Crippen MR) is 94.3 cm³/mol. The number of piperazine rings is 1. The molecule has 0 amide bonds. The lowest BCUT2D eigenvalue weighted by molar-refractivity contribution is -0.147. The zero-order valence-corrected chi connectivity index (χ0v) is 14.5. The first-order chi connectivity index (χ1) is 11.5. The summed E-state index contributed by atoms with van der Waals surface area (Å²) in [5.74, 6) is -0.0620. The molecule has 2 saturated heterocycles. The van der Waals surface area contributed by atoms with Gasteiger partial charge in [0, 0.05) is 38.4 Å². The first kappa shape index (κ1) is 16.8. The largest absolute Gasteiger partial charge is 0.462 e. The van der Waals surface area contributed by atoms with Gasteiger partial charge in [-0.25, -0.2) is 4.85 Å². The molecule has 2 fully saturated rings. The number of carbonyl (C=O) groups is 1. The summed E-state index contributed by atoms with van der Waals surface area (Å²) in [5.41, 5.74) is 1.44. The quantitative estimate of drug-likeness (QED) is 0.629. The Morgan fingerprint density at radius 2 is 1.96 bits per heavy atom. The first-order valence-electron chi connectivity index (χ1n) is 8.64. The average Bonchev–Trinajstić information content (AvgIpc) is 2.86. The topological polar surface area (TPSA) is 37.1 Å². The summed E-state index contributed by atoms with van der Waals surface area (Å²) in [6.45, 7) is 16.0. The molecule has 2 heterocycles. The molecule has 24 heavy (non-hydrogen) atoms. The minimum Gasteiger partial charge on any atom is -0.462 e. The molecule has 1 unspecified atom stereocenters. The van der Waals surface area contributed by atoms with Crippen LogP contribution in [0.25, 0.3) is 4.85 Å². The minimum atomic E-state index is -0.327. The Balaban J connectivity index is 1.48. The lowest BCUT2D eigenvalue weighted by Crippen LogP contribution is -2.47. The highest BCUT2D eigenvalue weighted by Crippen LogP contribution is 2.34. The average molecular weight is 327 g/mol. The fourth-order valence-electron chi connectivity index (χ4n) is 3.53. The summed E-state index contributed by atoms with van der Waals surface area (Å²) in [7, 11) is 0. The first-order valence-corrected chi connectivity index (χ1v) is 8.64. The molecule has 2 aliphatic heterocycles. The molecule has 0 bridgehead atoms. The maximum absolute atomic E-state index is 11.8. The third-order valence-corrected chi connectivity index (χ3v) is 5.05. The highest BCUT2D eigenvalue weighted by Gasteiger charge is 2.41. The van der Waals surface area contributed by atoms with Gasteiger partial charge in [-0.15, -0.1) is 0 Å². The SMILES string of the molecule is [C-]#[N+]c1ccccc1N1CCN(CCC2CC(C)(C)C(=O)O2)CC1. The van der Waals surface area contributed by atoms with Crippen molar-refractivity contribution in [2.75, 3.05) is 37.6 Å². The van der Waals surface area contributed by atoms with Gasteiger partial charge in [-0.1, -0.05) is 18.2 Å². The van der Waals surface area contributed by atoms with E-state index in [1.807, 2.05) is 38.1 Å². The molecular weight excluding hydrogens is 302 g/mol. The molecule has 2 aliphatic rings. The smallest absolute Gasteiger partial charge is 0.311 e. The zero-order chi connectivity index (χ0) is 17.2. The van der Waals surface area contributed by atoms with Crippen molar-refractivity contribution in [1.29, 1.82) is 0 Å². The van der Waals surface area contributed by atoms with Crippen LogP contribution >= 0.6 is 0 Å². The molecule has 1 aromatic carbocycles. The normalized spacial score (nSPS) is 23.8. The van der Waals surface area contributed by atoms with Crippen molar-refractivity contribution in [3.8, 4) is 0 Å². The van der Waals surface area contributed by atoms with E-state index in [0.717, 1.165) is 56.9 Å². The number of ether oxygens (including phenoxy) is 1. The van der Waals surface area contributed by atoms with E-state index in [9.17, 15) is 4.79 Å². The zero-order valence-electron chi connectivity index (χ0n) is 14.5. The van der Waals surface area contributed by atoms with Gasteiger partial charge >= 0.3 is 5.97 Å². The summed E-state index contributed by atoms with van der Waals surface area (Å²) in [4.78, 5) is 20.1. The van der Waals surface area contributed by atoms with Crippen molar-refractivity contribution < 1.29 is 9.53 Å². The fraction of sp³-hybridized carbons (Fsp3) is 0.579. The molecule has 1 atom stereocenters. The second-order valence-electron chi connectivity index (χ2n) is 7.33. The summed E-state index contributed by atoms with van der Waals surface area (Å²) < 4.78 is 5.48. The number of hydrogen-bond acceptors (Lipinski definition) is 4. The Hall–Kier alpha value is -2.06. The van der Waals surface area contributed by atoms with Crippen LogP contribution < -0.4 is 4.90 Å². The van der Waals surface area contributed by atoms with E-state index in [-0.39, 0.29) is 17.5 Å². The van der Waals surface area contributed by atoms with E-state index in [1.165, 1.54) is 0 Å². The second kappa shape index (κ2) is 6.82. The molecule has 0 aliphatic carbocycles. The van der Waals surface area contributed by atoms with Crippen LogP contribution in [0.15, 0.2) is 24.3 Å². The van der Waals surface area contributed by atoms with E-state index in [0.29, 0.717) is 0 Å². The van der Waals surface area contributed by atoms with E-state index in [2.05, 4.69) is 14.6 Å². The summed E-state index contributed by atoms with van der Waals surface area (Å²) in [6, 6.07) is 7.82. The maximum Gasteiger partial charge on any atom is 0.311 e. The van der Waals surface area contributed by atoms with Crippen molar-refractivity contribution in [2.45, 2.75) is 32.8 Å². The number of para-hydroxylation sites is 2. The van der Waals surface area contributed by atoms with Crippen LogP contribution in [-0.2, 0) is 9.53 Å². The van der Waals surface area contributed by atoms with Crippen molar-refractivity contribution in [3.63, 3.8) is 0 Å². The number of hydrogen-bond donors (Lipinski definition) is 0.